The Kier molecular flexibility index (Phi) is 6.07. The second-order valence-corrected chi connectivity index (χ2v) is 7.39. The quantitative estimate of drug-likeness (QED) is 0.889. The second-order valence-electron chi connectivity index (χ2n) is 7.39. The Morgan fingerprint density at radius 2 is 1.96 bits per heavy atom. The first-order valence-corrected chi connectivity index (χ1v) is 9.59. The van der Waals surface area contributed by atoms with E-state index in [1.807, 2.05) is 6.07 Å². The van der Waals surface area contributed by atoms with E-state index in [-0.39, 0.29) is 17.8 Å². The minimum absolute atomic E-state index is 0.0658. The maximum Gasteiger partial charge on any atom is 0.221 e. The van der Waals surface area contributed by atoms with Crippen LogP contribution in [0.4, 0.5) is 4.39 Å². The molecule has 1 aliphatic heterocycles. The van der Waals surface area contributed by atoms with Gasteiger partial charge in [0.15, 0.2) is 0 Å². The summed E-state index contributed by atoms with van der Waals surface area (Å²) in [7, 11) is 0. The topological polar surface area (TPSA) is 35.6 Å². The molecule has 1 aliphatic carbocycles. The average Bonchev–Trinajstić information content (AvgIpc) is 2.63. The van der Waals surface area contributed by atoms with E-state index in [0.717, 1.165) is 63.2 Å². The van der Waals surface area contributed by atoms with Gasteiger partial charge in [-0.2, -0.15) is 0 Å². The van der Waals surface area contributed by atoms with E-state index in [4.69, 9.17) is 0 Å². The number of likely N-dealkylation sites (N-methyl/N-ethyl adjacent to an activating group) is 1. The highest BCUT2D eigenvalue weighted by Gasteiger charge is 2.29. The molecule has 0 unspecified atom stereocenters. The highest BCUT2D eigenvalue weighted by molar-refractivity contribution is 5.76. The molecule has 138 valence electrons. The molecule has 2 aliphatic rings. The van der Waals surface area contributed by atoms with Crippen LogP contribution in [0, 0.1) is 11.7 Å². The van der Waals surface area contributed by atoms with Crippen molar-refractivity contribution >= 4 is 5.91 Å². The van der Waals surface area contributed by atoms with E-state index in [2.05, 4.69) is 29.0 Å². The second kappa shape index (κ2) is 8.28. The molecule has 0 aromatic heterocycles. The number of amides is 1. The highest BCUT2D eigenvalue weighted by atomic mass is 19.1. The van der Waals surface area contributed by atoms with Gasteiger partial charge in [-0.15, -0.1) is 0 Å². The Morgan fingerprint density at radius 1 is 1.24 bits per heavy atom. The van der Waals surface area contributed by atoms with Gasteiger partial charge in [0.25, 0.3) is 0 Å². The monoisotopic (exact) mass is 347 g/mol. The molecule has 1 aromatic carbocycles. The Morgan fingerprint density at radius 3 is 2.68 bits per heavy atom. The number of piperazine rings is 1. The fraction of sp³-hybridized carbons (Fsp3) is 0.650. The van der Waals surface area contributed by atoms with Gasteiger partial charge in [0.2, 0.25) is 5.91 Å². The van der Waals surface area contributed by atoms with Crippen LogP contribution < -0.4 is 5.32 Å². The number of nitrogens with zero attached hydrogens (tertiary/aromatic N) is 2. The molecule has 1 saturated heterocycles. The summed E-state index contributed by atoms with van der Waals surface area (Å²) in [5.41, 5.74) is 1.74. The van der Waals surface area contributed by atoms with Crippen molar-refractivity contribution in [3.8, 4) is 0 Å². The molecular formula is C20H30FN3O. The minimum atomic E-state index is -0.141. The summed E-state index contributed by atoms with van der Waals surface area (Å²) in [6, 6.07) is 5.16. The molecule has 1 heterocycles. The molecule has 1 aromatic rings. The van der Waals surface area contributed by atoms with Crippen molar-refractivity contribution in [2.24, 2.45) is 5.92 Å². The van der Waals surface area contributed by atoms with E-state index >= 15 is 0 Å². The van der Waals surface area contributed by atoms with Crippen LogP contribution in [0.2, 0.25) is 0 Å². The molecule has 1 fully saturated rings. The molecule has 0 radical (unpaired) electrons. The van der Waals surface area contributed by atoms with Gasteiger partial charge in [-0.25, -0.2) is 4.39 Å². The molecule has 0 bridgehead atoms. The van der Waals surface area contributed by atoms with Crippen molar-refractivity contribution < 1.29 is 9.18 Å². The highest BCUT2D eigenvalue weighted by Crippen LogP contribution is 2.35. The maximum absolute atomic E-state index is 14.0. The van der Waals surface area contributed by atoms with Crippen LogP contribution in [0.3, 0.4) is 0 Å². The zero-order chi connectivity index (χ0) is 17.8. The number of nitrogens with one attached hydrogen (secondary N) is 1. The number of hydrogen-bond acceptors (Lipinski definition) is 3. The summed E-state index contributed by atoms with van der Waals surface area (Å²) in [6.07, 6.45) is 2.19. The van der Waals surface area contributed by atoms with Crippen molar-refractivity contribution in [1.82, 2.24) is 15.1 Å². The van der Waals surface area contributed by atoms with E-state index in [1.165, 1.54) is 6.07 Å². The van der Waals surface area contributed by atoms with Gasteiger partial charge in [-0.05, 0) is 42.5 Å². The number of carbonyl (C=O) groups is 1. The van der Waals surface area contributed by atoms with Gasteiger partial charge in [0.1, 0.15) is 5.82 Å². The predicted octanol–water partition coefficient (Wildman–Crippen LogP) is 2.59. The smallest absolute Gasteiger partial charge is 0.221 e. The first-order valence-electron chi connectivity index (χ1n) is 9.59. The van der Waals surface area contributed by atoms with E-state index in [0.29, 0.717) is 12.3 Å². The van der Waals surface area contributed by atoms with Crippen molar-refractivity contribution in [2.75, 3.05) is 39.3 Å². The normalized spacial score (nSPS) is 24.8. The Labute approximate surface area is 150 Å². The van der Waals surface area contributed by atoms with Crippen LogP contribution in [0.25, 0.3) is 0 Å². The van der Waals surface area contributed by atoms with Crippen molar-refractivity contribution in [3.63, 3.8) is 0 Å². The summed E-state index contributed by atoms with van der Waals surface area (Å²) in [5, 5.41) is 3.17. The molecule has 3 rings (SSSR count). The Bertz CT molecular complexity index is 599. The molecular weight excluding hydrogens is 317 g/mol. The summed E-state index contributed by atoms with van der Waals surface area (Å²) in [5.74, 6) is 0.274. The van der Waals surface area contributed by atoms with Crippen LogP contribution >= 0.6 is 0 Å². The molecule has 1 amide bonds. The number of benzene rings is 1. The lowest BCUT2D eigenvalue weighted by Crippen LogP contribution is -2.47. The van der Waals surface area contributed by atoms with Gasteiger partial charge in [0, 0.05) is 39.1 Å². The Balaban J connectivity index is 1.54. The summed E-state index contributed by atoms with van der Waals surface area (Å²) in [6.45, 7) is 10.5. The van der Waals surface area contributed by atoms with Crippen LogP contribution in [0.15, 0.2) is 18.2 Å². The molecule has 1 N–H and O–H groups in total. The largest absolute Gasteiger partial charge is 0.349 e. The van der Waals surface area contributed by atoms with Gasteiger partial charge in [-0.1, -0.05) is 26.0 Å². The molecule has 5 heteroatoms. The third-order valence-electron chi connectivity index (χ3n) is 5.79. The molecule has 2 atom stereocenters. The molecule has 25 heavy (non-hydrogen) atoms. The predicted molar refractivity (Wildman–Crippen MR) is 97.9 cm³/mol. The van der Waals surface area contributed by atoms with Gasteiger partial charge >= 0.3 is 0 Å². The van der Waals surface area contributed by atoms with E-state index < -0.39 is 0 Å². The number of carbonyl (C=O) groups excluding carboxylic acids is 1. The first kappa shape index (κ1) is 18.3. The van der Waals surface area contributed by atoms with E-state index in [9.17, 15) is 9.18 Å². The zero-order valence-corrected chi connectivity index (χ0v) is 15.4. The maximum atomic E-state index is 14.0. The van der Waals surface area contributed by atoms with E-state index in [1.54, 1.807) is 6.07 Å². The van der Waals surface area contributed by atoms with Crippen LogP contribution in [0.5, 0.6) is 0 Å². The average molecular weight is 347 g/mol. The Hall–Kier alpha value is -1.46. The van der Waals surface area contributed by atoms with Gasteiger partial charge < -0.3 is 15.1 Å². The lowest BCUT2D eigenvalue weighted by atomic mass is 9.80. The standard InChI is InChI=1S/C20H30FN3O/c1-3-23-11-13-24(14-12-23)10-9-19(25)22-20-15(2)7-8-16-17(20)5-4-6-18(16)21/h4-6,15,20H,3,7-14H2,1-2H3,(H,22,25)/t15-,20-/m1/s1. The third-order valence-corrected chi connectivity index (χ3v) is 5.79. The summed E-state index contributed by atoms with van der Waals surface area (Å²) in [4.78, 5) is 17.3. The molecule has 0 spiro atoms. The lowest BCUT2D eigenvalue weighted by Gasteiger charge is -2.34. The van der Waals surface area contributed by atoms with Gasteiger partial charge in [0.05, 0.1) is 6.04 Å². The van der Waals surface area contributed by atoms with Crippen molar-refractivity contribution in [1.29, 1.82) is 0 Å². The SMILES string of the molecule is CCN1CCN(CCC(=O)N[C@H]2c3cccc(F)c3CC[C@H]2C)CC1. The van der Waals surface area contributed by atoms with Crippen LogP contribution in [-0.4, -0.2) is 55.0 Å². The van der Waals surface area contributed by atoms with Crippen molar-refractivity contribution in [3.05, 3.63) is 35.1 Å². The van der Waals surface area contributed by atoms with Crippen molar-refractivity contribution in [2.45, 2.75) is 39.2 Å². The molecule has 0 saturated carbocycles. The fourth-order valence-corrected chi connectivity index (χ4v) is 4.03. The number of fused-ring (bicyclic) bond motifs is 1. The summed E-state index contributed by atoms with van der Waals surface area (Å²) < 4.78 is 14.0. The first-order chi connectivity index (χ1) is 12.1. The van der Waals surface area contributed by atoms with Gasteiger partial charge in [-0.3, -0.25) is 4.79 Å². The number of hydrogen-bond donors (Lipinski definition) is 1. The van der Waals surface area contributed by atoms with Crippen LogP contribution in [-0.2, 0) is 11.2 Å². The minimum Gasteiger partial charge on any atom is -0.349 e. The fourth-order valence-electron chi connectivity index (χ4n) is 4.03. The lowest BCUT2D eigenvalue weighted by molar-refractivity contribution is -0.122. The zero-order valence-electron chi connectivity index (χ0n) is 15.4. The summed E-state index contributed by atoms with van der Waals surface area (Å²) >= 11 is 0. The number of halogens is 1. The molecule has 4 nitrogen and oxygen atoms in total. The van der Waals surface area contributed by atoms with Crippen LogP contribution in [0.1, 0.15) is 43.9 Å². The number of rotatable bonds is 5. The third kappa shape index (κ3) is 4.39.